The van der Waals surface area contributed by atoms with Crippen LogP contribution < -0.4 is 0 Å². The number of piperidine rings is 1. The molecule has 0 saturated carbocycles. The first-order chi connectivity index (χ1) is 8.75. The van der Waals surface area contributed by atoms with E-state index in [0.29, 0.717) is 12.2 Å². The van der Waals surface area contributed by atoms with Crippen molar-refractivity contribution in [2.45, 2.75) is 19.8 Å². The third-order valence-corrected chi connectivity index (χ3v) is 3.39. The largest absolute Gasteiger partial charge is 0.461 e. The van der Waals surface area contributed by atoms with Crippen molar-refractivity contribution in [2.75, 3.05) is 26.2 Å². The molecule has 0 N–H and O–H groups in total. The van der Waals surface area contributed by atoms with Crippen molar-refractivity contribution < 1.29 is 9.53 Å². The maximum atomic E-state index is 11.7. The number of likely N-dealkylation sites (tertiary alicyclic amines) is 1. The van der Waals surface area contributed by atoms with Gasteiger partial charge in [0.05, 0.1) is 5.56 Å². The predicted octanol–water partition coefficient (Wildman–Crippen LogP) is 2.58. The Bertz CT molecular complexity index is 377. The van der Waals surface area contributed by atoms with Crippen molar-refractivity contribution in [3.63, 3.8) is 0 Å². The highest BCUT2D eigenvalue weighted by molar-refractivity contribution is 5.89. The topological polar surface area (TPSA) is 29.5 Å². The molecule has 3 nitrogen and oxygen atoms in total. The normalized spacial score (nSPS) is 20.6. The van der Waals surface area contributed by atoms with E-state index < -0.39 is 0 Å². The fourth-order valence-corrected chi connectivity index (χ4v) is 2.41. The Kier molecular flexibility index (Phi) is 4.76. The lowest BCUT2D eigenvalue weighted by molar-refractivity contribution is 0.0438. The molecule has 1 aromatic carbocycles. The fourth-order valence-electron chi connectivity index (χ4n) is 2.41. The van der Waals surface area contributed by atoms with Crippen LogP contribution in [0.2, 0.25) is 0 Å². The molecule has 0 aliphatic carbocycles. The lowest BCUT2D eigenvalue weighted by atomic mass is 10.0. The second kappa shape index (κ2) is 6.55. The Balaban J connectivity index is 1.70. The van der Waals surface area contributed by atoms with E-state index in [1.807, 2.05) is 18.2 Å². The van der Waals surface area contributed by atoms with E-state index >= 15 is 0 Å². The van der Waals surface area contributed by atoms with Gasteiger partial charge >= 0.3 is 5.97 Å². The predicted molar refractivity (Wildman–Crippen MR) is 71.6 cm³/mol. The molecule has 2 rings (SSSR count). The van der Waals surface area contributed by atoms with Crippen LogP contribution in [0.5, 0.6) is 0 Å². The number of esters is 1. The van der Waals surface area contributed by atoms with E-state index in [2.05, 4.69) is 11.8 Å². The van der Waals surface area contributed by atoms with Crippen LogP contribution in [0.25, 0.3) is 0 Å². The number of carbonyl (C=O) groups excluding carboxylic acids is 1. The molecule has 1 aliphatic heterocycles. The van der Waals surface area contributed by atoms with Crippen molar-refractivity contribution in [1.29, 1.82) is 0 Å². The summed E-state index contributed by atoms with van der Waals surface area (Å²) in [4.78, 5) is 14.1. The lowest BCUT2D eigenvalue weighted by Gasteiger charge is -2.30. The zero-order chi connectivity index (χ0) is 12.8. The molecule has 18 heavy (non-hydrogen) atoms. The summed E-state index contributed by atoms with van der Waals surface area (Å²) in [5.74, 6) is 0.546. The van der Waals surface area contributed by atoms with Crippen LogP contribution in [0.4, 0.5) is 0 Å². The van der Waals surface area contributed by atoms with Gasteiger partial charge in [-0.25, -0.2) is 4.79 Å². The molecule has 0 radical (unpaired) electrons. The summed E-state index contributed by atoms with van der Waals surface area (Å²) in [6.07, 6.45) is 2.58. The van der Waals surface area contributed by atoms with Gasteiger partial charge in [0.1, 0.15) is 6.61 Å². The highest BCUT2D eigenvalue weighted by Crippen LogP contribution is 2.14. The molecule has 1 saturated heterocycles. The van der Waals surface area contributed by atoms with Gasteiger partial charge in [0.15, 0.2) is 0 Å². The average molecular weight is 247 g/mol. The van der Waals surface area contributed by atoms with Crippen molar-refractivity contribution in [2.24, 2.45) is 5.92 Å². The molecule has 1 heterocycles. The third-order valence-electron chi connectivity index (χ3n) is 3.39. The molecular formula is C15H21NO2. The van der Waals surface area contributed by atoms with Crippen molar-refractivity contribution in [1.82, 2.24) is 4.90 Å². The summed E-state index contributed by atoms with van der Waals surface area (Å²) in [6.45, 7) is 5.88. The third kappa shape index (κ3) is 3.84. The zero-order valence-corrected chi connectivity index (χ0v) is 11.0. The van der Waals surface area contributed by atoms with Crippen LogP contribution in [-0.2, 0) is 4.74 Å². The molecule has 1 unspecified atom stereocenters. The Labute approximate surface area is 109 Å². The van der Waals surface area contributed by atoms with Gasteiger partial charge in [0.2, 0.25) is 0 Å². The maximum Gasteiger partial charge on any atom is 0.338 e. The molecule has 1 fully saturated rings. The molecule has 98 valence electrons. The monoisotopic (exact) mass is 247 g/mol. The standard InChI is InChI=1S/C15H21NO2/c1-13-6-5-9-16(12-13)10-11-18-15(17)14-7-3-2-4-8-14/h2-4,7-8,13H,5-6,9-12H2,1H3. The first kappa shape index (κ1) is 13.1. The van der Waals surface area contributed by atoms with E-state index in [1.54, 1.807) is 12.1 Å². The number of hydrogen-bond donors (Lipinski definition) is 0. The van der Waals surface area contributed by atoms with E-state index in [-0.39, 0.29) is 5.97 Å². The molecule has 0 amide bonds. The van der Waals surface area contributed by atoms with Gasteiger partial charge in [-0.3, -0.25) is 4.90 Å². The van der Waals surface area contributed by atoms with E-state index in [9.17, 15) is 4.79 Å². The van der Waals surface area contributed by atoms with E-state index in [1.165, 1.54) is 12.8 Å². The second-order valence-electron chi connectivity index (χ2n) is 5.05. The smallest absolute Gasteiger partial charge is 0.338 e. The number of ether oxygens (including phenoxy) is 1. The Hall–Kier alpha value is -1.35. The van der Waals surface area contributed by atoms with Crippen LogP contribution >= 0.6 is 0 Å². The van der Waals surface area contributed by atoms with E-state index in [4.69, 9.17) is 4.74 Å². The quantitative estimate of drug-likeness (QED) is 0.766. The summed E-state index contributed by atoms with van der Waals surface area (Å²) in [6, 6.07) is 9.16. The Morgan fingerprint density at radius 2 is 2.17 bits per heavy atom. The summed E-state index contributed by atoms with van der Waals surface area (Å²) in [5.41, 5.74) is 0.629. The Morgan fingerprint density at radius 3 is 2.89 bits per heavy atom. The van der Waals surface area contributed by atoms with Crippen LogP contribution in [0, 0.1) is 5.92 Å². The van der Waals surface area contributed by atoms with Gasteiger partial charge in [-0.15, -0.1) is 0 Å². The molecule has 1 aromatic rings. The molecule has 1 atom stereocenters. The van der Waals surface area contributed by atoms with Crippen LogP contribution in [0.15, 0.2) is 30.3 Å². The molecule has 0 aromatic heterocycles. The Morgan fingerprint density at radius 1 is 1.39 bits per heavy atom. The second-order valence-corrected chi connectivity index (χ2v) is 5.05. The van der Waals surface area contributed by atoms with Crippen LogP contribution in [0.3, 0.4) is 0 Å². The van der Waals surface area contributed by atoms with E-state index in [0.717, 1.165) is 25.6 Å². The van der Waals surface area contributed by atoms with Gasteiger partial charge in [-0.1, -0.05) is 25.1 Å². The van der Waals surface area contributed by atoms with Crippen molar-refractivity contribution >= 4 is 5.97 Å². The SMILES string of the molecule is CC1CCCN(CCOC(=O)c2ccccc2)C1. The molecule has 0 spiro atoms. The van der Waals surface area contributed by atoms with Gasteiger partial charge in [0, 0.05) is 13.1 Å². The minimum Gasteiger partial charge on any atom is -0.461 e. The first-order valence-corrected chi connectivity index (χ1v) is 6.70. The number of carbonyl (C=O) groups is 1. The maximum absolute atomic E-state index is 11.7. The first-order valence-electron chi connectivity index (χ1n) is 6.70. The number of hydrogen-bond acceptors (Lipinski definition) is 3. The highest BCUT2D eigenvalue weighted by atomic mass is 16.5. The van der Waals surface area contributed by atoms with Gasteiger partial charge in [-0.2, -0.15) is 0 Å². The summed E-state index contributed by atoms with van der Waals surface area (Å²) in [5, 5.41) is 0. The van der Waals surface area contributed by atoms with Gasteiger partial charge in [-0.05, 0) is 37.4 Å². The van der Waals surface area contributed by atoms with Gasteiger partial charge in [0.25, 0.3) is 0 Å². The number of rotatable bonds is 4. The van der Waals surface area contributed by atoms with Crippen molar-refractivity contribution in [3.05, 3.63) is 35.9 Å². The summed E-state index contributed by atoms with van der Waals surface area (Å²) >= 11 is 0. The minimum absolute atomic E-state index is 0.222. The minimum atomic E-state index is -0.222. The number of benzene rings is 1. The zero-order valence-electron chi connectivity index (χ0n) is 11.0. The molecule has 3 heteroatoms. The molecular weight excluding hydrogens is 226 g/mol. The molecule has 0 bridgehead atoms. The lowest BCUT2D eigenvalue weighted by Crippen LogP contribution is -2.36. The average Bonchev–Trinajstić information content (AvgIpc) is 2.40. The van der Waals surface area contributed by atoms with Crippen LogP contribution in [0.1, 0.15) is 30.1 Å². The molecule has 1 aliphatic rings. The summed E-state index contributed by atoms with van der Waals surface area (Å²) in [7, 11) is 0. The number of nitrogens with zero attached hydrogens (tertiary/aromatic N) is 1. The van der Waals surface area contributed by atoms with Crippen LogP contribution in [-0.4, -0.2) is 37.1 Å². The van der Waals surface area contributed by atoms with Crippen molar-refractivity contribution in [3.8, 4) is 0 Å². The summed E-state index contributed by atoms with van der Waals surface area (Å²) < 4.78 is 5.29. The fraction of sp³-hybridized carbons (Fsp3) is 0.533. The van der Waals surface area contributed by atoms with Gasteiger partial charge < -0.3 is 4.74 Å². The highest BCUT2D eigenvalue weighted by Gasteiger charge is 2.16.